The van der Waals surface area contributed by atoms with Crippen molar-refractivity contribution in [1.82, 2.24) is 9.78 Å². The molecule has 5 nitrogen and oxygen atoms in total. The van der Waals surface area contributed by atoms with Gasteiger partial charge in [-0.3, -0.25) is 9.48 Å². The molecule has 1 fully saturated rings. The van der Waals surface area contributed by atoms with Crippen LogP contribution in [0, 0.1) is 0 Å². The normalized spacial score (nSPS) is 15.5. The summed E-state index contributed by atoms with van der Waals surface area (Å²) in [5.74, 6) is -0.124. The SMILES string of the molecule is Cn1cc(/C=C/C(=O)Nc2ccccc2N2CCCCCC2)cn1. The number of amides is 1. The van der Waals surface area contributed by atoms with Crippen molar-refractivity contribution in [2.24, 2.45) is 7.05 Å². The summed E-state index contributed by atoms with van der Waals surface area (Å²) in [7, 11) is 1.86. The largest absolute Gasteiger partial charge is 0.370 e. The number of carbonyl (C=O) groups excluding carboxylic acids is 1. The molecular formula is C19H24N4O. The van der Waals surface area contributed by atoms with Gasteiger partial charge in [-0.1, -0.05) is 25.0 Å². The Morgan fingerprint density at radius 2 is 1.92 bits per heavy atom. The highest BCUT2D eigenvalue weighted by Gasteiger charge is 2.14. The molecule has 0 atom stereocenters. The molecule has 2 aromatic rings. The van der Waals surface area contributed by atoms with Crippen LogP contribution in [-0.4, -0.2) is 28.8 Å². The monoisotopic (exact) mass is 324 g/mol. The molecular weight excluding hydrogens is 300 g/mol. The highest BCUT2D eigenvalue weighted by Crippen LogP contribution is 2.27. The summed E-state index contributed by atoms with van der Waals surface area (Å²) in [5.41, 5.74) is 2.90. The van der Waals surface area contributed by atoms with Crippen LogP contribution in [0.5, 0.6) is 0 Å². The molecule has 5 heteroatoms. The number of aromatic nitrogens is 2. The van der Waals surface area contributed by atoms with E-state index < -0.39 is 0 Å². The van der Waals surface area contributed by atoms with Crippen LogP contribution >= 0.6 is 0 Å². The second-order valence-electron chi connectivity index (χ2n) is 6.19. The molecule has 2 heterocycles. The molecule has 0 bridgehead atoms. The summed E-state index contributed by atoms with van der Waals surface area (Å²) in [6.07, 6.45) is 11.9. The van der Waals surface area contributed by atoms with Crippen LogP contribution in [0.25, 0.3) is 6.08 Å². The van der Waals surface area contributed by atoms with Crippen LogP contribution in [0.2, 0.25) is 0 Å². The topological polar surface area (TPSA) is 50.2 Å². The lowest BCUT2D eigenvalue weighted by Gasteiger charge is -2.25. The number of rotatable bonds is 4. The minimum Gasteiger partial charge on any atom is -0.370 e. The first-order chi connectivity index (χ1) is 11.7. The van der Waals surface area contributed by atoms with E-state index in [1.165, 1.54) is 25.7 Å². The average molecular weight is 324 g/mol. The van der Waals surface area contributed by atoms with Gasteiger partial charge in [-0.25, -0.2) is 0 Å². The number of carbonyl (C=O) groups is 1. The number of anilines is 2. The number of para-hydroxylation sites is 2. The van der Waals surface area contributed by atoms with E-state index in [9.17, 15) is 4.79 Å². The van der Waals surface area contributed by atoms with Crippen molar-refractivity contribution < 1.29 is 4.79 Å². The first kappa shape index (κ1) is 16.3. The number of aryl methyl sites for hydroxylation is 1. The smallest absolute Gasteiger partial charge is 0.248 e. The van der Waals surface area contributed by atoms with Gasteiger partial charge in [0.25, 0.3) is 0 Å². The van der Waals surface area contributed by atoms with Gasteiger partial charge in [0.2, 0.25) is 5.91 Å². The molecule has 1 saturated heterocycles. The summed E-state index contributed by atoms with van der Waals surface area (Å²) >= 11 is 0. The minimum absolute atomic E-state index is 0.124. The van der Waals surface area contributed by atoms with Crippen LogP contribution in [0.15, 0.2) is 42.7 Å². The molecule has 0 saturated carbocycles. The van der Waals surface area contributed by atoms with Gasteiger partial charge < -0.3 is 10.2 Å². The molecule has 24 heavy (non-hydrogen) atoms. The van der Waals surface area contributed by atoms with Crippen molar-refractivity contribution in [2.75, 3.05) is 23.3 Å². The Bertz CT molecular complexity index is 712. The maximum atomic E-state index is 12.3. The van der Waals surface area contributed by atoms with Crippen molar-refractivity contribution in [3.63, 3.8) is 0 Å². The van der Waals surface area contributed by atoms with E-state index in [1.54, 1.807) is 23.0 Å². The number of nitrogens with one attached hydrogen (secondary N) is 1. The maximum absolute atomic E-state index is 12.3. The number of nitrogens with zero attached hydrogens (tertiary/aromatic N) is 3. The third-order valence-electron chi connectivity index (χ3n) is 4.26. The average Bonchev–Trinajstić information content (AvgIpc) is 2.83. The van der Waals surface area contributed by atoms with Crippen molar-refractivity contribution in [3.05, 3.63) is 48.3 Å². The zero-order valence-corrected chi connectivity index (χ0v) is 14.1. The van der Waals surface area contributed by atoms with E-state index in [1.807, 2.05) is 31.4 Å². The third kappa shape index (κ3) is 4.25. The van der Waals surface area contributed by atoms with E-state index >= 15 is 0 Å². The molecule has 1 N–H and O–H groups in total. The predicted octanol–water partition coefficient (Wildman–Crippen LogP) is 3.45. The molecule has 1 amide bonds. The molecule has 0 radical (unpaired) electrons. The third-order valence-corrected chi connectivity index (χ3v) is 4.26. The zero-order chi connectivity index (χ0) is 16.8. The Hall–Kier alpha value is -2.56. The fourth-order valence-corrected chi connectivity index (χ4v) is 3.04. The number of benzene rings is 1. The quantitative estimate of drug-likeness (QED) is 0.876. The molecule has 1 aliphatic heterocycles. The number of hydrogen-bond donors (Lipinski definition) is 1. The van der Waals surface area contributed by atoms with E-state index in [2.05, 4.69) is 21.4 Å². The molecule has 0 aliphatic carbocycles. The van der Waals surface area contributed by atoms with Crippen molar-refractivity contribution in [1.29, 1.82) is 0 Å². The predicted molar refractivity (Wildman–Crippen MR) is 98.0 cm³/mol. The molecule has 126 valence electrons. The fraction of sp³-hybridized carbons (Fsp3) is 0.368. The van der Waals surface area contributed by atoms with Gasteiger partial charge in [0.15, 0.2) is 0 Å². The van der Waals surface area contributed by atoms with E-state index in [4.69, 9.17) is 0 Å². The van der Waals surface area contributed by atoms with Crippen LogP contribution < -0.4 is 10.2 Å². The van der Waals surface area contributed by atoms with Crippen molar-refractivity contribution in [3.8, 4) is 0 Å². The van der Waals surface area contributed by atoms with Crippen LogP contribution in [0.3, 0.4) is 0 Å². The van der Waals surface area contributed by atoms with Crippen molar-refractivity contribution >= 4 is 23.4 Å². The van der Waals surface area contributed by atoms with Crippen LogP contribution in [0.1, 0.15) is 31.2 Å². The van der Waals surface area contributed by atoms with Crippen LogP contribution in [-0.2, 0) is 11.8 Å². The van der Waals surface area contributed by atoms with Gasteiger partial charge in [-0.15, -0.1) is 0 Å². The fourth-order valence-electron chi connectivity index (χ4n) is 3.04. The molecule has 1 aliphatic rings. The summed E-state index contributed by atoms with van der Waals surface area (Å²) in [6.45, 7) is 2.11. The first-order valence-corrected chi connectivity index (χ1v) is 8.54. The Balaban J connectivity index is 1.70. The minimum atomic E-state index is -0.124. The number of hydrogen-bond acceptors (Lipinski definition) is 3. The van der Waals surface area contributed by atoms with E-state index in [0.717, 1.165) is 30.0 Å². The standard InChI is InChI=1S/C19H24N4O/c1-22-15-16(14-20-22)10-11-19(24)21-17-8-4-5-9-18(17)23-12-6-2-3-7-13-23/h4-5,8-11,14-15H,2-3,6-7,12-13H2,1H3,(H,21,24)/b11-10+. The summed E-state index contributed by atoms with van der Waals surface area (Å²) in [6, 6.07) is 8.05. The molecule has 3 rings (SSSR count). The molecule has 1 aromatic carbocycles. The molecule has 1 aromatic heterocycles. The van der Waals surface area contributed by atoms with Crippen molar-refractivity contribution in [2.45, 2.75) is 25.7 Å². The maximum Gasteiger partial charge on any atom is 0.248 e. The van der Waals surface area contributed by atoms with Gasteiger partial charge in [-0.2, -0.15) is 5.10 Å². The van der Waals surface area contributed by atoms with Gasteiger partial charge in [0.05, 0.1) is 17.6 Å². The lowest BCUT2D eigenvalue weighted by Crippen LogP contribution is -2.25. The first-order valence-electron chi connectivity index (χ1n) is 8.54. The Morgan fingerprint density at radius 3 is 2.62 bits per heavy atom. The Labute approximate surface area is 143 Å². The summed E-state index contributed by atoms with van der Waals surface area (Å²) in [4.78, 5) is 14.6. The highest BCUT2D eigenvalue weighted by molar-refractivity contribution is 6.03. The Morgan fingerprint density at radius 1 is 1.17 bits per heavy atom. The van der Waals surface area contributed by atoms with Gasteiger partial charge in [0.1, 0.15) is 0 Å². The lowest BCUT2D eigenvalue weighted by atomic mass is 10.2. The second kappa shape index (κ2) is 7.81. The second-order valence-corrected chi connectivity index (χ2v) is 6.19. The van der Waals surface area contributed by atoms with E-state index in [-0.39, 0.29) is 5.91 Å². The lowest BCUT2D eigenvalue weighted by molar-refractivity contribution is -0.111. The highest BCUT2D eigenvalue weighted by atomic mass is 16.1. The summed E-state index contributed by atoms with van der Waals surface area (Å²) in [5, 5.41) is 7.10. The van der Waals surface area contributed by atoms with Gasteiger partial charge in [0, 0.05) is 38.0 Å². The zero-order valence-electron chi connectivity index (χ0n) is 14.1. The van der Waals surface area contributed by atoms with E-state index in [0.29, 0.717) is 0 Å². The summed E-state index contributed by atoms with van der Waals surface area (Å²) < 4.78 is 1.71. The van der Waals surface area contributed by atoms with Gasteiger partial charge in [-0.05, 0) is 31.1 Å². The van der Waals surface area contributed by atoms with Gasteiger partial charge >= 0.3 is 0 Å². The Kier molecular flexibility index (Phi) is 5.31. The molecule has 0 unspecified atom stereocenters. The molecule has 0 spiro atoms. The van der Waals surface area contributed by atoms with Crippen LogP contribution in [0.4, 0.5) is 11.4 Å².